The van der Waals surface area contributed by atoms with Gasteiger partial charge in [0.2, 0.25) is 0 Å². The van der Waals surface area contributed by atoms with Crippen LogP contribution in [0.3, 0.4) is 0 Å². The second-order valence-electron chi connectivity index (χ2n) is 4.77. The fraction of sp³-hybridized carbons (Fsp3) is 0.312. The smallest absolute Gasteiger partial charge is 0.419 e. The van der Waals surface area contributed by atoms with Gasteiger partial charge in [0.15, 0.2) is 5.96 Å². The van der Waals surface area contributed by atoms with Crippen LogP contribution < -0.4 is 15.4 Å². The summed E-state index contributed by atoms with van der Waals surface area (Å²) in [4.78, 5) is 5.21. The zero-order chi connectivity index (χ0) is 17.4. The van der Waals surface area contributed by atoms with Crippen LogP contribution >= 0.6 is 35.3 Å². The van der Waals surface area contributed by atoms with Crippen LogP contribution in [0.25, 0.3) is 0 Å². The van der Waals surface area contributed by atoms with Crippen LogP contribution in [-0.2, 0) is 12.7 Å². The monoisotopic (exact) mass is 485 g/mol. The zero-order valence-electron chi connectivity index (χ0n) is 13.5. The Morgan fingerprint density at radius 2 is 1.92 bits per heavy atom. The number of para-hydroxylation sites is 1. The first-order chi connectivity index (χ1) is 11.5. The van der Waals surface area contributed by atoms with E-state index < -0.39 is 11.7 Å². The van der Waals surface area contributed by atoms with Crippen LogP contribution in [0.5, 0.6) is 5.75 Å². The predicted octanol–water partition coefficient (Wildman–Crippen LogP) is 4.13. The zero-order valence-corrected chi connectivity index (χ0v) is 16.6. The number of hydrogen-bond acceptors (Lipinski definition) is 3. The molecule has 138 valence electrons. The fourth-order valence-corrected chi connectivity index (χ4v) is 2.61. The minimum atomic E-state index is -4.43. The van der Waals surface area contributed by atoms with Crippen molar-refractivity contribution in [1.82, 2.24) is 10.6 Å². The molecule has 1 heterocycles. The number of rotatable bonds is 6. The van der Waals surface area contributed by atoms with Gasteiger partial charge in [0.05, 0.1) is 18.7 Å². The number of halogens is 4. The van der Waals surface area contributed by atoms with Crippen molar-refractivity contribution in [2.75, 3.05) is 20.2 Å². The summed E-state index contributed by atoms with van der Waals surface area (Å²) in [5.41, 5.74) is -0.773. The van der Waals surface area contributed by atoms with Gasteiger partial charge in [-0.05, 0) is 23.6 Å². The lowest BCUT2D eigenvalue weighted by molar-refractivity contribution is -0.138. The third-order valence-electron chi connectivity index (χ3n) is 3.08. The lowest BCUT2D eigenvalue weighted by atomic mass is 10.2. The molecule has 0 aliphatic carbocycles. The normalized spacial score (nSPS) is 11.6. The molecule has 9 heteroatoms. The lowest BCUT2D eigenvalue weighted by Crippen LogP contribution is -2.38. The third-order valence-corrected chi connectivity index (χ3v) is 3.95. The van der Waals surface area contributed by atoms with Crippen LogP contribution in [-0.4, -0.2) is 26.2 Å². The Hall–Kier alpha value is -1.49. The van der Waals surface area contributed by atoms with Gasteiger partial charge in [-0.25, -0.2) is 0 Å². The molecule has 0 aliphatic rings. The Labute approximate surface area is 165 Å². The molecular weight excluding hydrogens is 466 g/mol. The third kappa shape index (κ3) is 7.10. The second-order valence-corrected chi connectivity index (χ2v) is 5.81. The maximum absolute atomic E-state index is 12.9. The number of nitrogens with one attached hydrogen (secondary N) is 2. The van der Waals surface area contributed by atoms with E-state index in [9.17, 15) is 13.2 Å². The first-order valence-electron chi connectivity index (χ1n) is 7.26. The molecule has 0 atom stereocenters. The van der Waals surface area contributed by atoms with Gasteiger partial charge in [-0.2, -0.15) is 13.2 Å². The standard InChI is InChI=1S/C16H18F3N3OS.HI/c1-20-15(22-11-12-5-4-10-24-12)21-8-9-23-14-7-3-2-6-13(14)16(17,18)19;/h2-7,10H,8-9,11H2,1H3,(H2,20,21,22);1H. The number of hydrogen-bond donors (Lipinski definition) is 2. The van der Waals surface area contributed by atoms with E-state index in [4.69, 9.17) is 4.74 Å². The van der Waals surface area contributed by atoms with Crippen LogP contribution in [0.1, 0.15) is 10.4 Å². The molecule has 1 aromatic heterocycles. The minimum Gasteiger partial charge on any atom is -0.491 e. The summed E-state index contributed by atoms with van der Waals surface area (Å²) in [7, 11) is 1.63. The first-order valence-corrected chi connectivity index (χ1v) is 8.14. The molecule has 0 fully saturated rings. The number of aliphatic imine (C=N–C) groups is 1. The van der Waals surface area contributed by atoms with Crippen molar-refractivity contribution in [1.29, 1.82) is 0 Å². The molecule has 25 heavy (non-hydrogen) atoms. The Bertz CT molecular complexity index is 663. The molecule has 2 rings (SSSR count). The number of guanidine groups is 1. The molecule has 2 aromatic rings. The van der Waals surface area contributed by atoms with Crippen molar-refractivity contribution >= 4 is 41.3 Å². The maximum Gasteiger partial charge on any atom is 0.419 e. The van der Waals surface area contributed by atoms with E-state index in [1.807, 2.05) is 17.5 Å². The number of benzene rings is 1. The van der Waals surface area contributed by atoms with E-state index in [-0.39, 0.29) is 36.3 Å². The van der Waals surface area contributed by atoms with Gasteiger partial charge in [0.25, 0.3) is 0 Å². The van der Waals surface area contributed by atoms with Gasteiger partial charge in [0, 0.05) is 11.9 Å². The predicted molar refractivity (Wildman–Crippen MR) is 105 cm³/mol. The molecule has 0 saturated carbocycles. The van der Waals surface area contributed by atoms with E-state index in [0.717, 1.165) is 10.9 Å². The molecule has 1 aromatic carbocycles. The maximum atomic E-state index is 12.9. The van der Waals surface area contributed by atoms with Gasteiger partial charge in [0.1, 0.15) is 12.4 Å². The molecular formula is C16H19F3IN3OS. The van der Waals surface area contributed by atoms with E-state index in [1.54, 1.807) is 18.4 Å². The van der Waals surface area contributed by atoms with Crippen molar-refractivity contribution in [3.8, 4) is 5.75 Å². The van der Waals surface area contributed by atoms with E-state index in [2.05, 4.69) is 15.6 Å². The quantitative estimate of drug-likeness (QED) is 0.280. The summed E-state index contributed by atoms with van der Waals surface area (Å²) in [5, 5.41) is 8.10. The van der Waals surface area contributed by atoms with Crippen molar-refractivity contribution in [2.45, 2.75) is 12.7 Å². The molecule has 0 amide bonds. The summed E-state index contributed by atoms with van der Waals surface area (Å²) < 4.78 is 43.8. The highest BCUT2D eigenvalue weighted by molar-refractivity contribution is 14.0. The molecule has 0 saturated heterocycles. The van der Waals surface area contributed by atoms with Crippen LogP contribution in [0.4, 0.5) is 13.2 Å². The summed E-state index contributed by atoms with van der Waals surface area (Å²) in [5.74, 6) is 0.393. The topological polar surface area (TPSA) is 45.7 Å². The SMILES string of the molecule is CN=C(NCCOc1ccccc1C(F)(F)F)NCc1cccs1.I. The van der Waals surface area contributed by atoms with Crippen molar-refractivity contribution < 1.29 is 17.9 Å². The number of thiophene rings is 1. The summed E-state index contributed by atoms with van der Waals surface area (Å²) in [6.45, 7) is 1.05. The van der Waals surface area contributed by atoms with E-state index in [0.29, 0.717) is 19.0 Å². The number of alkyl halides is 3. The van der Waals surface area contributed by atoms with Gasteiger partial charge in [-0.3, -0.25) is 4.99 Å². The summed E-state index contributed by atoms with van der Waals surface area (Å²) >= 11 is 1.63. The average Bonchev–Trinajstić information content (AvgIpc) is 3.07. The molecule has 2 N–H and O–H groups in total. The Morgan fingerprint density at radius 3 is 2.56 bits per heavy atom. The fourth-order valence-electron chi connectivity index (χ4n) is 1.96. The Morgan fingerprint density at radius 1 is 1.16 bits per heavy atom. The average molecular weight is 485 g/mol. The molecule has 0 spiro atoms. The highest BCUT2D eigenvalue weighted by atomic mass is 127. The van der Waals surface area contributed by atoms with Crippen LogP contribution in [0.15, 0.2) is 46.8 Å². The Balaban J connectivity index is 0.00000312. The summed E-state index contributed by atoms with van der Waals surface area (Å²) in [6, 6.07) is 9.13. The molecule has 4 nitrogen and oxygen atoms in total. The molecule has 0 bridgehead atoms. The van der Waals surface area contributed by atoms with Gasteiger partial charge >= 0.3 is 6.18 Å². The Kier molecular flexibility index (Phi) is 9.04. The van der Waals surface area contributed by atoms with Crippen LogP contribution in [0, 0.1) is 0 Å². The molecule has 0 aliphatic heterocycles. The highest BCUT2D eigenvalue weighted by Crippen LogP contribution is 2.35. The van der Waals surface area contributed by atoms with Crippen molar-refractivity contribution in [3.05, 3.63) is 52.2 Å². The summed E-state index contributed by atoms with van der Waals surface area (Å²) in [6.07, 6.45) is -4.43. The second kappa shape index (κ2) is 10.5. The largest absolute Gasteiger partial charge is 0.491 e. The molecule has 0 unspecified atom stereocenters. The number of ether oxygens (including phenoxy) is 1. The molecule has 0 radical (unpaired) electrons. The minimum absolute atomic E-state index is 0. The van der Waals surface area contributed by atoms with Crippen molar-refractivity contribution in [2.24, 2.45) is 4.99 Å². The van der Waals surface area contributed by atoms with E-state index >= 15 is 0 Å². The number of nitrogens with zero attached hydrogens (tertiary/aromatic N) is 1. The lowest BCUT2D eigenvalue weighted by Gasteiger charge is -2.15. The van der Waals surface area contributed by atoms with E-state index in [1.165, 1.54) is 18.2 Å². The van der Waals surface area contributed by atoms with Gasteiger partial charge in [-0.1, -0.05) is 18.2 Å². The van der Waals surface area contributed by atoms with Crippen LogP contribution in [0.2, 0.25) is 0 Å². The van der Waals surface area contributed by atoms with Crippen molar-refractivity contribution in [3.63, 3.8) is 0 Å². The van der Waals surface area contributed by atoms with Gasteiger partial charge in [-0.15, -0.1) is 35.3 Å². The van der Waals surface area contributed by atoms with Gasteiger partial charge < -0.3 is 15.4 Å². The highest BCUT2D eigenvalue weighted by Gasteiger charge is 2.33. The first kappa shape index (κ1) is 21.6.